The average molecular weight is 595 g/mol. The number of unbranched alkanes of at least 4 members (excludes halogenated alkanes) is 4. The molecule has 4 saturated carbocycles. The van der Waals surface area contributed by atoms with E-state index in [2.05, 4.69) is 37.3 Å². The van der Waals surface area contributed by atoms with Crippen molar-refractivity contribution in [3.05, 3.63) is 101 Å². The second-order valence-corrected chi connectivity index (χ2v) is 13.1. The molecular formula is C39H46O5. The molecule has 4 aliphatic carbocycles. The van der Waals surface area contributed by atoms with Crippen molar-refractivity contribution in [3.63, 3.8) is 0 Å². The third-order valence-corrected chi connectivity index (χ3v) is 9.77. The summed E-state index contributed by atoms with van der Waals surface area (Å²) in [7, 11) is 0. The number of rotatable bonds is 12. The van der Waals surface area contributed by atoms with Gasteiger partial charge in [0, 0.05) is 5.56 Å². The molecule has 3 aromatic rings. The zero-order valence-electron chi connectivity index (χ0n) is 25.9. The van der Waals surface area contributed by atoms with E-state index in [1.54, 1.807) is 42.5 Å². The normalized spacial score (nSPS) is 23.2. The molecule has 0 radical (unpaired) electrons. The van der Waals surface area contributed by atoms with Gasteiger partial charge in [-0.05, 0) is 110 Å². The molecule has 4 aliphatic rings. The number of aromatic carboxylic acids is 2. The molecule has 0 aromatic heterocycles. The van der Waals surface area contributed by atoms with Crippen LogP contribution in [0.5, 0.6) is 5.75 Å². The van der Waals surface area contributed by atoms with Crippen LogP contribution in [0.3, 0.4) is 0 Å². The van der Waals surface area contributed by atoms with Gasteiger partial charge in [0.25, 0.3) is 0 Å². The zero-order valence-corrected chi connectivity index (χ0v) is 25.9. The van der Waals surface area contributed by atoms with Gasteiger partial charge in [-0.2, -0.15) is 0 Å². The fourth-order valence-electron chi connectivity index (χ4n) is 8.04. The molecule has 7 rings (SSSR count). The molecule has 0 atom stereocenters. The first kappa shape index (κ1) is 31.6. The molecule has 4 bridgehead atoms. The summed E-state index contributed by atoms with van der Waals surface area (Å²) in [6.07, 6.45) is 18.8. The number of hydrogen-bond acceptors (Lipinski definition) is 3. The standard InChI is InChI=1S/C32H40O3.C7H6O2/c1-2-3-4-5-6-15-35-30-19-24(8-7-23-9-12-28(13-10-23)31(33)34)11-14-29(30)32-20-25-16-26(21-32)18-27(17-25)22-32;8-7(9)6-4-2-1-3-5-6/h7-14,19,25-27H,2-6,15-18,20-22H2,1H3,(H,33,34);1-5H,(H,8,9)/b8-7+;. The van der Waals surface area contributed by atoms with Crippen LogP contribution in [-0.4, -0.2) is 28.8 Å². The first-order valence-electron chi connectivity index (χ1n) is 16.4. The summed E-state index contributed by atoms with van der Waals surface area (Å²) in [6.45, 7) is 3.06. The molecule has 4 fully saturated rings. The van der Waals surface area contributed by atoms with Crippen molar-refractivity contribution in [2.24, 2.45) is 17.8 Å². The Hall–Kier alpha value is -3.86. The van der Waals surface area contributed by atoms with Gasteiger partial charge in [-0.1, -0.05) is 87.2 Å². The Balaban J connectivity index is 0.000000367. The molecule has 0 spiro atoms. The fourth-order valence-corrected chi connectivity index (χ4v) is 8.04. The number of ether oxygens (including phenoxy) is 1. The molecular weight excluding hydrogens is 548 g/mol. The number of carbonyl (C=O) groups is 2. The highest BCUT2D eigenvalue weighted by Gasteiger charge is 2.52. The van der Waals surface area contributed by atoms with Gasteiger partial charge < -0.3 is 14.9 Å². The predicted octanol–water partition coefficient (Wildman–Crippen LogP) is 9.76. The molecule has 3 aromatic carbocycles. The molecule has 5 heteroatoms. The van der Waals surface area contributed by atoms with E-state index < -0.39 is 11.9 Å². The predicted molar refractivity (Wildman–Crippen MR) is 176 cm³/mol. The first-order valence-corrected chi connectivity index (χ1v) is 16.4. The van der Waals surface area contributed by atoms with Gasteiger partial charge in [0.15, 0.2) is 0 Å². The highest BCUT2D eigenvalue weighted by molar-refractivity contribution is 5.88. The van der Waals surface area contributed by atoms with Gasteiger partial charge in [0.05, 0.1) is 17.7 Å². The van der Waals surface area contributed by atoms with Crippen LogP contribution in [0.2, 0.25) is 0 Å². The Labute approximate surface area is 262 Å². The molecule has 232 valence electrons. The van der Waals surface area contributed by atoms with E-state index in [1.807, 2.05) is 12.1 Å². The van der Waals surface area contributed by atoms with Crippen LogP contribution in [0.4, 0.5) is 0 Å². The highest BCUT2D eigenvalue weighted by atomic mass is 16.5. The van der Waals surface area contributed by atoms with Crippen molar-refractivity contribution in [2.45, 2.75) is 83.0 Å². The summed E-state index contributed by atoms with van der Waals surface area (Å²) in [6, 6.07) is 22.2. The quantitative estimate of drug-likeness (QED) is 0.161. The number of carboxylic acids is 2. The van der Waals surface area contributed by atoms with Crippen LogP contribution in [0, 0.1) is 17.8 Å². The lowest BCUT2D eigenvalue weighted by atomic mass is 9.48. The molecule has 0 unspecified atom stereocenters. The summed E-state index contributed by atoms with van der Waals surface area (Å²) >= 11 is 0. The fraction of sp³-hybridized carbons (Fsp3) is 0.436. The Morgan fingerprint density at radius 2 is 1.27 bits per heavy atom. The topological polar surface area (TPSA) is 83.8 Å². The van der Waals surface area contributed by atoms with Crippen molar-refractivity contribution in [1.82, 2.24) is 0 Å². The van der Waals surface area contributed by atoms with E-state index in [4.69, 9.17) is 14.9 Å². The lowest BCUT2D eigenvalue weighted by Gasteiger charge is -2.57. The minimum absolute atomic E-state index is 0.316. The largest absolute Gasteiger partial charge is 0.493 e. The second kappa shape index (κ2) is 14.7. The maximum absolute atomic E-state index is 11.1. The van der Waals surface area contributed by atoms with Gasteiger partial charge in [-0.25, -0.2) is 9.59 Å². The van der Waals surface area contributed by atoms with Crippen LogP contribution in [0.15, 0.2) is 72.8 Å². The Bertz CT molecular complexity index is 1390. The maximum Gasteiger partial charge on any atom is 0.335 e. The molecule has 2 N–H and O–H groups in total. The average Bonchev–Trinajstić information content (AvgIpc) is 3.02. The van der Waals surface area contributed by atoms with Crippen LogP contribution < -0.4 is 4.74 Å². The third-order valence-electron chi connectivity index (χ3n) is 9.77. The molecule has 0 amide bonds. The SMILES string of the molecule is CCCCCCCOc1cc(/C=C/c2ccc(C(=O)O)cc2)ccc1C12CC3CC(CC(C3)C1)C2.O=C(O)c1ccccc1. The Morgan fingerprint density at radius 3 is 1.84 bits per heavy atom. The summed E-state index contributed by atoms with van der Waals surface area (Å²) < 4.78 is 6.54. The van der Waals surface area contributed by atoms with Crippen molar-refractivity contribution >= 4 is 24.1 Å². The van der Waals surface area contributed by atoms with Crippen LogP contribution >= 0.6 is 0 Å². The Kier molecular flexibility index (Phi) is 10.6. The highest BCUT2D eigenvalue weighted by Crippen LogP contribution is 2.62. The minimum Gasteiger partial charge on any atom is -0.493 e. The zero-order chi connectivity index (χ0) is 30.9. The van der Waals surface area contributed by atoms with E-state index >= 15 is 0 Å². The van der Waals surface area contributed by atoms with E-state index in [0.29, 0.717) is 16.5 Å². The second-order valence-electron chi connectivity index (χ2n) is 13.1. The first-order chi connectivity index (χ1) is 21.3. The molecule has 0 heterocycles. The molecule has 0 saturated heterocycles. The maximum atomic E-state index is 11.1. The Morgan fingerprint density at radius 1 is 0.727 bits per heavy atom. The lowest BCUT2D eigenvalue weighted by Crippen LogP contribution is -2.48. The van der Waals surface area contributed by atoms with Crippen molar-refractivity contribution < 1.29 is 24.5 Å². The summed E-state index contributed by atoms with van der Waals surface area (Å²) in [5.74, 6) is 2.07. The molecule has 0 aliphatic heterocycles. The summed E-state index contributed by atoms with van der Waals surface area (Å²) in [4.78, 5) is 21.3. The van der Waals surface area contributed by atoms with E-state index in [1.165, 1.54) is 69.8 Å². The lowest BCUT2D eigenvalue weighted by molar-refractivity contribution is -0.00640. The van der Waals surface area contributed by atoms with Crippen LogP contribution in [0.1, 0.15) is 115 Å². The summed E-state index contributed by atoms with van der Waals surface area (Å²) in [5.41, 5.74) is 4.57. The van der Waals surface area contributed by atoms with Gasteiger partial charge in [0.1, 0.15) is 5.75 Å². The van der Waals surface area contributed by atoms with Gasteiger partial charge in [-0.3, -0.25) is 0 Å². The van der Waals surface area contributed by atoms with Crippen molar-refractivity contribution in [2.75, 3.05) is 6.61 Å². The van der Waals surface area contributed by atoms with Crippen LogP contribution in [0.25, 0.3) is 12.2 Å². The smallest absolute Gasteiger partial charge is 0.335 e. The van der Waals surface area contributed by atoms with E-state index in [-0.39, 0.29) is 0 Å². The number of carboxylic acid groups (broad SMARTS) is 2. The number of benzene rings is 3. The van der Waals surface area contributed by atoms with Gasteiger partial charge in [0.2, 0.25) is 0 Å². The number of hydrogen-bond donors (Lipinski definition) is 2. The van der Waals surface area contributed by atoms with Crippen LogP contribution in [-0.2, 0) is 5.41 Å². The van der Waals surface area contributed by atoms with Gasteiger partial charge in [-0.15, -0.1) is 0 Å². The molecule has 5 nitrogen and oxygen atoms in total. The van der Waals surface area contributed by atoms with Gasteiger partial charge >= 0.3 is 11.9 Å². The third kappa shape index (κ3) is 7.99. The monoisotopic (exact) mass is 594 g/mol. The van der Waals surface area contributed by atoms with Crippen molar-refractivity contribution in [1.29, 1.82) is 0 Å². The van der Waals surface area contributed by atoms with E-state index in [0.717, 1.165) is 47.7 Å². The minimum atomic E-state index is -0.891. The summed E-state index contributed by atoms with van der Waals surface area (Å²) in [5, 5.41) is 17.5. The van der Waals surface area contributed by atoms with E-state index in [9.17, 15) is 9.59 Å². The molecule has 44 heavy (non-hydrogen) atoms. The van der Waals surface area contributed by atoms with Crippen molar-refractivity contribution in [3.8, 4) is 5.75 Å².